The Morgan fingerprint density at radius 2 is 1.67 bits per heavy atom. The van der Waals surface area contributed by atoms with Crippen LogP contribution in [0.25, 0.3) is 0 Å². The molecule has 4 nitrogen and oxygen atoms in total. The summed E-state index contributed by atoms with van der Waals surface area (Å²) in [4.78, 5) is 0. The van der Waals surface area contributed by atoms with Gasteiger partial charge in [-0.1, -0.05) is 6.92 Å². The van der Waals surface area contributed by atoms with E-state index in [0.29, 0.717) is 13.2 Å². The summed E-state index contributed by atoms with van der Waals surface area (Å²) in [5.41, 5.74) is 0. The first kappa shape index (κ1) is 15.4. The highest BCUT2D eigenvalue weighted by Crippen LogP contribution is 2.14. The Balaban J connectivity index is 3.63. The van der Waals surface area contributed by atoms with Crippen molar-refractivity contribution in [2.24, 2.45) is 0 Å². The van der Waals surface area contributed by atoms with Gasteiger partial charge in [-0.05, 0) is 6.42 Å². The molecule has 1 unspecified atom stereocenters. The Labute approximate surface area is 99.0 Å². The van der Waals surface area contributed by atoms with E-state index < -0.39 is 8.80 Å². The maximum atomic E-state index is 5.40. The highest BCUT2D eigenvalue weighted by Gasteiger charge is 2.36. The van der Waals surface area contributed by atoms with Crippen molar-refractivity contribution < 1.29 is 18.0 Å². The summed E-state index contributed by atoms with van der Waals surface area (Å²) in [5.74, 6) is 0. The summed E-state index contributed by atoms with van der Waals surface area (Å²) >= 11 is 4.22. The number of thiol groups is 1. The molecule has 0 heterocycles. The first-order valence-electron chi connectivity index (χ1n) is 5.01. The second-order valence-electron chi connectivity index (χ2n) is 3.32. The third-order valence-electron chi connectivity index (χ3n) is 2.06. The van der Waals surface area contributed by atoms with E-state index in [0.717, 1.165) is 12.5 Å². The van der Waals surface area contributed by atoms with E-state index >= 15 is 0 Å². The van der Waals surface area contributed by atoms with Crippen molar-refractivity contribution in [1.29, 1.82) is 0 Å². The molecule has 0 radical (unpaired) electrons. The molecule has 0 saturated carbocycles. The van der Waals surface area contributed by atoms with Crippen molar-refractivity contribution in [1.82, 2.24) is 0 Å². The lowest BCUT2D eigenvalue weighted by Crippen LogP contribution is -2.42. The fourth-order valence-electron chi connectivity index (χ4n) is 1.20. The Kier molecular flexibility index (Phi) is 8.78. The lowest BCUT2D eigenvalue weighted by molar-refractivity contribution is 0.108. The minimum absolute atomic E-state index is 0.277. The molecule has 0 fully saturated rings. The zero-order chi connectivity index (χ0) is 11.7. The summed E-state index contributed by atoms with van der Waals surface area (Å²) < 4.78 is 21.3. The van der Waals surface area contributed by atoms with Crippen LogP contribution >= 0.6 is 12.6 Å². The number of ether oxygens (including phenoxy) is 1. The Hall–Kier alpha value is 0.407. The summed E-state index contributed by atoms with van der Waals surface area (Å²) in [6, 6.07) is 0.775. The van der Waals surface area contributed by atoms with Crippen LogP contribution in [0.3, 0.4) is 0 Å². The first-order chi connectivity index (χ1) is 7.10. The molecular weight excluding hydrogens is 232 g/mol. The number of rotatable bonds is 9. The molecule has 0 saturated heterocycles. The van der Waals surface area contributed by atoms with E-state index in [1.54, 1.807) is 21.3 Å². The minimum Gasteiger partial charge on any atom is -0.380 e. The van der Waals surface area contributed by atoms with E-state index in [4.69, 9.17) is 18.0 Å². The van der Waals surface area contributed by atoms with E-state index in [1.807, 2.05) is 6.92 Å². The third kappa shape index (κ3) is 6.55. The average molecular weight is 254 g/mol. The molecule has 0 aliphatic carbocycles. The van der Waals surface area contributed by atoms with Gasteiger partial charge < -0.3 is 18.0 Å². The Morgan fingerprint density at radius 3 is 2.07 bits per heavy atom. The molecule has 0 amide bonds. The molecule has 0 aromatic heterocycles. The van der Waals surface area contributed by atoms with E-state index in [1.165, 1.54) is 0 Å². The quantitative estimate of drug-likeness (QED) is 0.385. The van der Waals surface area contributed by atoms with Crippen LogP contribution in [0.5, 0.6) is 0 Å². The molecule has 0 aliphatic heterocycles. The van der Waals surface area contributed by atoms with Gasteiger partial charge in [0.15, 0.2) is 0 Å². The van der Waals surface area contributed by atoms with E-state index in [9.17, 15) is 0 Å². The Morgan fingerprint density at radius 1 is 1.13 bits per heavy atom. The van der Waals surface area contributed by atoms with Crippen molar-refractivity contribution in [2.75, 3.05) is 34.5 Å². The third-order valence-corrected chi connectivity index (χ3v) is 5.04. The van der Waals surface area contributed by atoms with Gasteiger partial charge in [-0.25, -0.2) is 0 Å². The molecule has 0 rings (SSSR count). The molecule has 0 aromatic rings. The molecule has 0 N–H and O–H groups in total. The van der Waals surface area contributed by atoms with Crippen LogP contribution < -0.4 is 0 Å². The lowest BCUT2D eigenvalue weighted by Gasteiger charge is -2.24. The van der Waals surface area contributed by atoms with Gasteiger partial charge in [0.05, 0.1) is 6.61 Å². The molecular formula is C9H22O4SSi. The topological polar surface area (TPSA) is 36.9 Å². The van der Waals surface area contributed by atoms with Gasteiger partial charge in [0.1, 0.15) is 0 Å². The molecule has 1 atom stereocenters. The van der Waals surface area contributed by atoms with Gasteiger partial charge in [-0.15, -0.1) is 0 Å². The smallest absolute Gasteiger partial charge is 0.380 e. The summed E-state index contributed by atoms with van der Waals surface area (Å²) in [7, 11) is 2.47. The van der Waals surface area contributed by atoms with Gasteiger partial charge in [-0.3, -0.25) is 0 Å². The van der Waals surface area contributed by atoms with Gasteiger partial charge >= 0.3 is 8.80 Å². The lowest BCUT2D eigenvalue weighted by atomic mass is 10.5. The van der Waals surface area contributed by atoms with Gasteiger partial charge in [0, 0.05) is 39.2 Å². The van der Waals surface area contributed by atoms with Crippen molar-refractivity contribution in [3.8, 4) is 0 Å². The molecule has 0 spiro atoms. The molecule has 0 aliphatic rings. The monoisotopic (exact) mass is 254 g/mol. The van der Waals surface area contributed by atoms with E-state index in [-0.39, 0.29) is 5.25 Å². The van der Waals surface area contributed by atoms with Crippen LogP contribution in [0.2, 0.25) is 6.04 Å². The first-order valence-corrected chi connectivity index (χ1v) is 7.46. The summed E-state index contributed by atoms with van der Waals surface area (Å²) in [6.45, 7) is 3.36. The minimum atomic E-state index is -2.39. The van der Waals surface area contributed by atoms with Gasteiger partial charge in [0.2, 0.25) is 0 Å². The molecule has 92 valence electrons. The largest absolute Gasteiger partial charge is 0.500 e. The fourth-order valence-corrected chi connectivity index (χ4v) is 3.00. The predicted octanol–water partition coefficient (Wildman–Crippen LogP) is 1.59. The van der Waals surface area contributed by atoms with Crippen LogP contribution in [0.15, 0.2) is 0 Å². The summed E-state index contributed by atoms with van der Waals surface area (Å²) in [5, 5.41) is 0.277. The normalized spacial score (nSPS) is 14.2. The number of hydrogen-bond donors (Lipinski definition) is 1. The van der Waals surface area contributed by atoms with Crippen LogP contribution in [-0.2, 0) is 18.0 Å². The highest BCUT2D eigenvalue weighted by atomic mass is 32.1. The molecule has 0 aromatic carbocycles. The highest BCUT2D eigenvalue weighted by molar-refractivity contribution is 7.80. The second-order valence-corrected chi connectivity index (χ2v) is 7.30. The Bertz CT molecular complexity index is 145. The maximum Gasteiger partial charge on any atom is 0.500 e. The zero-order valence-electron chi connectivity index (χ0n) is 9.99. The van der Waals surface area contributed by atoms with Gasteiger partial charge in [0.25, 0.3) is 0 Å². The predicted molar refractivity (Wildman–Crippen MR) is 65.5 cm³/mol. The van der Waals surface area contributed by atoms with Crippen molar-refractivity contribution >= 4 is 21.4 Å². The second kappa shape index (κ2) is 8.55. The van der Waals surface area contributed by atoms with Crippen molar-refractivity contribution in [3.05, 3.63) is 0 Å². The van der Waals surface area contributed by atoms with Crippen LogP contribution in [0, 0.1) is 0 Å². The van der Waals surface area contributed by atoms with Gasteiger partial charge in [-0.2, -0.15) is 12.6 Å². The van der Waals surface area contributed by atoms with Crippen LogP contribution in [-0.4, -0.2) is 48.6 Å². The molecule has 6 heteroatoms. The average Bonchev–Trinajstić information content (AvgIpc) is 2.24. The molecule has 15 heavy (non-hydrogen) atoms. The zero-order valence-corrected chi connectivity index (χ0v) is 11.9. The van der Waals surface area contributed by atoms with Crippen LogP contribution in [0.1, 0.15) is 13.3 Å². The standard InChI is InChI=1S/C9H22O4SSi/c1-9(14)8-13-6-5-7-15(10-2,11-3)12-4/h9,14H,5-8H2,1-4H3. The van der Waals surface area contributed by atoms with Crippen LogP contribution in [0.4, 0.5) is 0 Å². The maximum absolute atomic E-state index is 5.40. The molecule has 0 bridgehead atoms. The van der Waals surface area contributed by atoms with Crippen molar-refractivity contribution in [3.63, 3.8) is 0 Å². The van der Waals surface area contributed by atoms with E-state index in [2.05, 4.69) is 12.6 Å². The number of hydrogen-bond acceptors (Lipinski definition) is 5. The SMILES string of the molecule is CO[Si](CCCOCC(C)S)(OC)OC. The van der Waals surface area contributed by atoms with Crippen molar-refractivity contribution in [2.45, 2.75) is 24.6 Å². The summed E-state index contributed by atoms with van der Waals surface area (Å²) in [6.07, 6.45) is 0.877. The fraction of sp³-hybridized carbons (Fsp3) is 1.00.